The third-order valence-corrected chi connectivity index (χ3v) is 7.39. The summed E-state index contributed by atoms with van der Waals surface area (Å²) in [7, 11) is 3.24. The van der Waals surface area contributed by atoms with Gasteiger partial charge in [0, 0.05) is 60.9 Å². The molecule has 1 aromatic carbocycles. The largest absolute Gasteiger partial charge is 0.345 e. The third-order valence-electron chi connectivity index (χ3n) is 5.79. The number of carbonyl (C=O) groups excluding carboxylic acids is 1. The summed E-state index contributed by atoms with van der Waals surface area (Å²) >= 11 is 0. The van der Waals surface area contributed by atoms with Crippen molar-refractivity contribution in [2.45, 2.75) is 30.7 Å². The summed E-state index contributed by atoms with van der Waals surface area (Å²) in [6.07, 6.45) is 11.7. The summed E-state index contributed by atoms with van der Waals surface area (Å²) in [6, 6.07) is 14.3. The monoisotopic (exact) mass is 447 g/mol. The molecule has 166 valence electrons. The van der Waals surface area contributed by atoms with Gasteiger partial charge >= 0.3 is 0 Å². The summed E-state index contributed by atoms with van der Waals surface area (Å²) in [6.45, 7) is 2.27. The maximum absolute atomic E-state index is 13.1. The maximum Gasteiger partial charge on any atom is 0.272 e. The van der Waals surface area contributed by atoms with Crippen LogP contribution in [0.2, 0.25) is 0 Å². The quantitative estimate of drug-likeness (QED) is 0.579. The lowest BCUT2D eigenvalue weighted by Gasteiger charge is -2.22. The van der Waals surface area contributed by atoms with E-state index in [4.69, 9.17) is 0 Å². The number of nitrogens with zero attached hydrogens (tertiary/aromatic N) is 3. The number of nitrogens with one attached hydrogen (secondary N) is 2. The number of hydrogen-bond donors (Lipinski definition) is 2. The van der Waals surface area contributed by atoms with E-state index in [0.29, 0.717) is 11.6 Å². The van der Waals surface area contributed by atoms with Crippen molar-refractivity contribution in [3.8, 4) is 0 Å². The number of rotatable bonds is 6. The number of anilines is 1. The molecule has 7 heteroatoms. The lowest BCUT2D eigenvalue weighted by atomic mass is 9.94. The van der Waals surface area contributed by atoms with E-state index < -0.39 is 10.9 Å². The minimum absolute atomic E-state index is 0.139. The van der Waals surface area contributed by atoms with E-state index in [0.717, 1.165) is 29.0 Å². The first-order chi connectivity index (χ1) is 15.6. The summed E-state index contributed by atoms with van der Waals surface area (Å²) in [4.78, 5) is 18.2. The van der Waals surface area contributed by atoms with Crippen LogP contribution in [0.4, 0.5) is 5.69 Å². The summed E-state index contributed by atoms with van der Waals surface area (Å²) in [5.41, 5.74) is 3.64. The molecular formula is C25H29N5OS. The topological polar surface area (TPSA) is 71.3 Å². The number of carbonyl (C=O) groups is 1. The molecule has 3 aromatic rings. The van der Waals surface area contributed by atoms with Gasteiger partial charge in [-0.05, 0) is 36.5 Å². The Morgan fingerprint density at radius 1 is 1.25 bits per heavy atom. The number of fused-ring (bicyclic) bond motifs is 1. The fourth-order valence-corrected chi connectivity index (χ4v) is 5.58. The second-order valence-electron chi connectivity index (χ2n) is 8.03. The minimum atomic E-state index is -0.493. The number of amides is 1. The first-order valence-corrected chi connectivity index (χ1v) is 12.0. The van der Waals surface area contributed by atoms with Gasteiger partial charge in [0.1, 0.15) is 5.69 Å². The molecule has 32 heavy (non-hydrogen) atoms. The van der Waals surface area contributed by atoms with Crippen LogP contribution in [-0.4, -0.2) is 28.5 Å². The highest BCUT2D eigenvalue weighted by Gasteiger charge is 2.26. The summed E-state index contributed by atoms with van der Waals surface area (Å²) in [5, 5.41) is 2.98. The van der Waals surface area contributed by atoms with Crippen LogP contribution in [0.15, 0.2) is 76.4 Å². The molecule has 0 saturated heterocycles. The zero-order chi connectivity index (χ0) is 22.5. The molecule has 0 bridgehead atoms. The highest BCUT2D eigenvalue weighted by atomic mass is 32.2. The number of benzene rings is 1. The first kappa shape index (κ1) is 22.2. The van der Waals surface area contributed by atoms with Crippen LogP contribution >= 0.6 is 0 Å². The van der Waals surface area contributed by atoms with Crippen LogP contribution in [0.3, 0.4) is 0 Å². The average Bonchev–Trinajstić information content (AvgIpc) is 3.04. The zero-order valence-electron chi connectivity index (χ0n) is 18.7. The summed E-state index contributed by atoms with van der Waals surface area (Å²) in [5.74, 6) is 0.287. The van der Waals surface area contributed by atoms with Crippen LogP contribution < -0.4 is 10.0 Å². The van der Waals surface area contributed by atoms with E-state index in [1.807, 2.05) is 24.9 Å². The van der Waals surface area contributed by atoms with Crippen molar-refractivity contribution in [3.63, 3.8) is 0 Å². The van der Waals surface area contributed by atoms with Crippen LogP contribution in [0.1, 0.15) is 35.0 Å². The molecule has 2 aromatic heterocycles. The molecule has 0 fully saturated rings. The fraction of sp³-hybridized carbons (Fsp3) is 0.280. The molecule has 2 N–H and O–H groups in total. The molecule has 0 radical (unpaired) electrons. The van der Waals surface area contributed by atoms with Crippen molar-refractivity contribution in [1.29, 1.82) is 0 Å². The Kier molecular flexibility index (Phi) is 6.97. The zero-order valence-corrected chi connectivity index (χ0v) is 19.5. The van der Waals surface area contributed by atoms with E-state index >= 15 is 0 Å². The van der Waals surface area contributed by atoms with Crippen LogP contribution in [-0.2, 0) is 24.3 Å². The van der Waals surface area contributed by atoms with Gasteiger partial charge < -0.3 is 9.88 Å². The van der Waals surface area contributed by atoms with E-state index in [9.17, 15) is 4.79 Å². The smallest absolute Gasteiger partial charge is 0.272 e. The molecule has 6 nitrogen and oxygen atoms in total. The summed E-state index contributed by atoms with van der Waals surface area (Å²) < 4.78 is 10.2. The molecule has 3 heterocycles. The molecule has 3 unspecified atom stereocenters. The third kappa shape index (κ3) is 4.89. The van der Waals surface area contributed by atoms with E-state index in [2.05, 4.69) is 68.8 Å². The lowest BCUT2D eigenvalue weighted by Crippen LogP contribution is -2.34. The van der Waals surface area contributed by atoms with Gasteiger partial charge in [-0.3, -0.25) is 9.78 Å². The highest BCUT2D eigenvalue weighted by Crippen LogP contribution is 2.28. The van der Waals surface area contributed by atoms with E-state index in [-0.39, 0.29) is 11.9 Å². The predicted octanol–water partition coefficient (Wildman–Crippen LogP) is 4.63. The Morgan fingerprint density at radius 2 is 2.00 bits per heavy atom. The minimum Gasteiger partial charge on any atom is -0.345 e. The van der Waals surface area contributed by atoms with Crippen LogP contribution in [0.5, 0.6) is 0 Å². The van der Waals surface area contributed by atoms with Crippen molar-refractivity contribution >= 4 is 28.5 Å². The highest BCUT2D eigenvalue weighted by molar-refractivity contribution is 7.85. The van der Waals surface area contributed by atoms with Crippen molar-refractivity contribution in [2.24, 2.45) is 17.3 Å². The Hall–Kier alpha value is -3.03. The van der Waals surface area contributed by atoms with Crippen molar-refractivity contribution in [1.82, 2.24) is 14.3 Å². The molecular weight excluding hydrogens is 418 g/mol. The lowest BCUT2D eigenvalue weighted by molar-refractivity contribution is 0.101. The van der Waals surface area contributed by atoms with Gasteiger partial charge in [0.25, 0.3) is 5.91 Å². The van der Waals surface area contributed by atoms with Crippen molar-refractivity contribution < 1.29 is 4.79 Å². The molecule has 1 aliphatic heterocycles. The Bertz CT molecular complexity index is 1140. The van der Waals surface area contributed by atoms with E-state index in [1.165, 1.54) is 5.56 Å². The molecule has 4 rings (SSSR count). The fourth-order valence-electron chi connectivity index (χ4n) is 3.95. The molecule has 3 atom stereocenters. The Balaban J connectivity index is 1.56. The number of aromatic nitrogens is 2. The van der Waals surface area contributed by atoms with Crippen LogP contribution in [0, 0.1) is 5.92 Å². The van der Waals surface area contributed by atoms with Crippen molar-refractivity contribution in [2.75, 3.05) is 12.4 Å². The van der Waals surface area contributed by atoms with Gasteiger partial charge in [0.15, 0.2) is 0 Å². The van der Waals surface area contributed by atoms with Gasteiger partial charge in [-0.2, -0.15) is 0 Å². The van der Waals surface area contributed by atoms with Crippen LogP contribution in [0.25, 0.3) is 6.08 Å². The average molecular weight is 448 g/mol. The van der Waals surface area contributed by atoms with Crippen molar-refractivity contribution in [3.05, 3.63) is 84.0 Å². The molecule has 0 spiro atoms. The van der Waals surface area contributed by atoms with Gasteiger partial charge in [-0.1, -0.05) is 49.4 Å². The number of aryl methyl sites for hydroxylation is 2. The molecule has 0 aliphatic carbocycles. The predicted molar refractivity (Wildman–Crippen MR) is 131 cm³/mol. The Labute approximate surface area is 192 Å². The molecule has 1 aliphatic rings. The number of hydrogen-bond acceptors (Lipinski definition) is 3. The van der Waals surface area contributed by atoms with Gasteiger partial charge in [-0.15, -0.1) is 0 Å². The maximum atomic E-state index is 13.1. The second kappa shape index (κ2) is 10.1. The van der Waals surface area contributed by atoms with E-state index in [1.54, 1.807) is 24.5 Å². The standard InChI is InChI=1S/C25H29N5OS/c1-18(9-10-19-7-5-4-6-8-19)22-12-11-21-23(32(26-2)29-22)17-30(3)24(21)25(31)28-20-13-15-27-16-14-20/h4-8,11-18,22H,9-10H2,1-3H3,(H,26,29)(H,27,28,31). The molecule has 0 saturated carbocycles. The van der Waals surface area contributed by atoms with Gasteiger partial charge in [0.05, 0.1) is 4.90 Å². The van der Waals surface area contributed by atoms with Gasteiger partial charge in [-0.25, -0.2) is 9.08 Å². The van der Waals surface area contributed by atoms with Gasteiger partial charge in [0.2, 0.25) is 0 Å². The SMILES string of the molecule is CN=S1NC(C(C)CCc2ccccc2)C=Cc2c1cn(C)c2C(=O)Nc1ccncc1. The second-order valence-corrected chi connectivity index (χ2v) is 9.64. The number of pyridine rings is 1. The first-order valence-electron chi connectivity index (χ1n) is 10.8. The normalized spacial score (nSPS) is 18.7. The molecule has 1 amide bonds. The Morgan fingerprint density at radius 3 is 2.72 bits per heavy atom.